The minimum atomic E-state index is 0.361. The van der Waals surface area contributed by atoms with E-state index in [-0.39, 0.29) is 0 Å². The van der Waals surface area contributed by atoms with Crippen LogP contribution in [-0.4, -0.2) is 62.0 Å². The lowest BCUT2D eigenvalue weighted by Gasteiger charge is -2.32. The van der Waals surface area contributed by atoms with Crippen LogP contribution in [0.3, 0.4) is 0 Å². The summed E-state index contributed by atoms with van der Waals surface area (Å²) in [4.78, 5) is 16.3. The largest absolute Gasteiger partial charge is 0.340 e. The summed E-state index contributed by atoms with van der Waals surface area (Å²) in [6.07, 6.45) is 3.06. The van der Waals surface area contributed by atoms with Gasteiger partial charge in [-0.2, -0.15) is 0 Å². The average molecular weight is 225 g/mol. The Morgan fingerprint density at radius 1 is 1.31 bits per heavy atom. The topological polar surface area (TPSA) is 35.6 Å². The van der Waals surface area contributed by atoms with Crippen molar-refractivity contribution >= 4 is 5.91 Å². The van der Waals surface area contributed by atoms with E-state index in [1.54, 1.807) is 0 Å². The van der Waals surface area contributed by atoms with Gasteiger partial charge in [0.15, 0.2) is 0 Å². The molecule has 2 rings (SSSR count). The average Bonchev–Trinajstić information content (AvgIpc) is 2.80. The fourth-order valence-electron chi connectivity index (χ4n) is 2.50. The van der Waals surface area contributed by atoms with Crippen LogP contribution >= 0.6 is 0 Å². The first-order valence-corrected chi connectivity index (χ1v) is 6.43. The van der Waals surface area contributed by atoms with Crippen molar-refractivity contribution in [2.75, 3.05) is 46.3 Å². The lowest BCUT2D eigenvalue weighted by Crippen LogP contribution is -2.47. The Morgan fingerprint density at radius 2 is 2.06 bits per heavy atom. The van der Waals surface area contributed by atoms with E-state index in [4.69, 9.17) is 0 Å². The predicted molar refractivity (Wildman–Crippen MR) is 64.3 cm³/mol. The molecule has 0 radical (unpaired) electrons. The molecule has 0 aromatic rings. The first-order chi connectivity index (χ1) is 7.75. The number of likely N-dealkylation sites (N-methyl/N-ethyl adjacent to an activating group) is 1. The van der Waals surface area contributed by atoms with Gasteiger partial charge in [0.25, 0.3) is 0 Å². The second-order valence-electron chi connectivity index (χ2n) is 5.08. The van der Waals surface area contributed by atoms with E-state index in [0.717, 1.165) is 58.0 Å². The Kier molecular flexibility index (Phi) is 4.18. The zero-order valence-electron chi connectivity index (χ0n) is 10.2. The predicted octanol–water partition coefficient (Wildman–Crippen LogP) is 0.150. The van der Waals surface area contributed by atoms with E-state index in [1.807, 2.05) is 4.90 Å². The highest BCUT2D eigenvalue weighted by atomic mass is 16.2. The summed E-state index contributed by atoms with van der Waals surface area (Å²) < 4.78 is 0. The molecule has 2 aliphatic rings. The first kappa shape index (κ1) is 11.9. The van der Waals surface area contributed by atoms with Crippen molar-refractivity contribution in [2.45, 2.75) is 19.3 Å². The summed E-state index contributed by atoms with van der Waals surface area (Å²) in [5.41, 5.74) is 0. The van der Waals surface area contributed by atoms with Crippen LogP contribution < -0.4 is 5.32 Å². The van der Waals surface area contributed by atoms with Gasteiger partial charge in [-0.3, -0.25) is 4.79 Å². The smallest absolute Gasteiger partial charge is 0.222 e. The summed E-state index contributed by atoms with van der Waals surface area (Å²) in [6, 6.07) is 0. The van der Waals surface area contributed by atoms with Gasteiger partial charge in [0.1, 0.15) is 0 Å². The highest BCUT2D eigenvalue weighted by Crippen LogP contribution is 2.15. The molecular formula is C12H23N3O. The van der Waals surface area contributed by atoms with Crippen molar-refractivity contribution in [1.29, 1.82) is 0 Å². The number of carbonyl (C=O) groups excluding carboxylic acids is 1. The molecule has 0 aromatic heterocycles. The number of piperazine rings is 1. The van der Waals surface area contributed by atoms with Crippen LogP contribution in [0.25, 0.3) is 0 Å². The van der Waals surface area contributed by atoms with Crippen molar-refractivity contribution in [1.82, 2.24) is 15.1 Å². The molecule has 0 bridgehead atoms. The van der Waals surface area contributed by atoms with Gasteiger partial charge >= 0.3 is 0 Å². The van der Waals surface area contributed by atoms with Crippen LogP contribution in [0.15, 0.2) is 0 Å². The molecule has 2 heterocycles. The fraction of sp³-hybridized carbons (Fsp3) is 0.917. The third-order valence-corrected chi connectivity index (χ3v) is 3.78. The quantitative estimate of drug-likeness (QED) is 0.743. The number of carbonyl (C=O) groups is 1. The second kappa shape index (κ2) is 5.64. The minimum absolute atomic E-state index is 0.361. The van der Waals surface area contributed by atoms with Gasteiger partial charge in [-0.25, -0.2) is 0 Å². The molecule has 2 aliphatic heterocycles. The van der Waals surface area contributed by atoms with Gasteiger partial charge in [0, 0.05) is 32.6 Å². The molecule has 0 aliphatic carbocycles. The maximum Gasteiger partial charge on any atom is 0.222 e. The Hall–Kier alpha value is -0.610. The number of rotatable bonds is 3. The minimum Gasteiger partial charge on any atom is -0.340 e. The van der Waals surface area contributed by atoms with Crippen LogP contribution in [0.5, 0.6) is 0 Å². The summed E-state index contributed by atoms with van der Waals surface area (Å²) in [6.45, 7) is 6.12. The summed E-state index contributed by atoms with van der Waals surface area (Å²) >= 11 is 0. The van der Waals surface area contributed by atoms with Crippen LogP contribution in [0.4, 0.5) is 0 Å². The molecule has 16 heavy (non-hydrogen) atoms. The Morgan fingerprint density at radius 3 is 2.69 bits per heavy atom. The number of nitrogens with one attached hydrogen (secondary N) is 1. The van der Waals surface area contributed by atoms with Crippen molar-refractivity contribution in [3.63, 3.8) is 0 Å². The highest BCUT2D eigenvalue weighted by molar-refractivity contribution is 5.76. The molecule has 1 amide bonds. The van der Waals surface area contributed by atoms with Gasteiger partial charge in [-0.1, -0.05) is 0 Å². The summed E-state index contributed by atoms with van der Waals surface area (Å²) in [5.74, 6) is 1.09. The third kappa shape index (κ3) is 3.19. The number of hydrogen-bond acceptors (Lipinski definition) is 3. The maximum absolute atomic E-state index is 11.9. The summed E-state index contributed by atoms with van der Waals surface area (Å²) in [5, 5.41) is 3.35. The van der Waals surface area contributed by atoms with Crippen molar-refractivity contribution in [3.05, 3.63) is 0 Å². The van der Waals surface area contributed by atoms with E-state index in [0.29, 0.717) is 5.91 Å². The van der Waals surface area contributed by atoms with Gasteiger partial charge in [-0.05, 0) is 38.9 Å². The van der Waals surface area contributed by atoms with Crippen LogP contribution in [0.2, 0.25) is 0 Å². The highest BCUT2D eigenvalue weighted by Gasteiger charge is 2.21. The molecule has 4 nitrogen and oxygen atoms in total. The van der Waals surface area contributed by atoms with Crippen molar-refractivity contribution < 1.29 is 4.79 Å². The first-order valence-electron chi connectivity index (χ1n) is 6.43. The van der Waals surface area contributed by atoms with Gasteiger partial charge in [0.2, 0.25) is 5.91 Å². The molecule has 4 heteroatoms. The Bertz CT molecular complexity index is 230. The Balaban J connectivity index is 1.67. The molecular weight excluding hydrogens is 202 g/mol. The molecule has 0 saturated carbocycles. The Labute approximate surface area is 98.0 Å². The lowest BCUT2D eigenvalue weighted by molar-refractivity contribution is -0.133. The van der Waals surface area contributed by atoms with Crippen LogP contribution in [-0.2, 0) is 4.79 Å². The van der Waals surface area contributed by atoms with Gasteiger partial charge < -0.3 is 15.1 Å². The number of amides is 1. The molecule has 2 fully saturated rings. The maximum atomic E-state index is 11.9. The molecule has 0 aromatic carbocycles. The monoisotopic (exact) mass is 225 g/mol. The van der Waals surface area contributed by atoms with E-state index in [2.05, 4.69) is 17.3 Å². The van der Waals surface area contributed by atoms with Crippen molar-refractivity contribution in [3.8, 4) is 0 Å². The third-order valence-electron chi connectivity index (χ3n) is 3.78. The molecule has 0 spiro atoms. The van der Waals surface area contributed by atoms with Gasteiger partial charge in [0.05, 0.1) is 0 Å². The van der Waals surface area contributed by atoms with E-state index < -0.39 is 0 Å². The lowest BCUT2D eigenvalue weighted by atomic mass is 10.0. The number of nitrogens with zero attached hydrogens (tertiary/aromatic N) is 2. The van der Waals surface area contributed by atoms with Crippen molar-refractivity contribution in [2.24, 2.45) is 5.92 Å². The van der Waals surface area contributed by atoms with Gasteiger partial charge in [-0.15, -0.1) is 0 Å². The SMILES string of the molecule is CN1CCN(C(=O)CCC2CCNC2)CC1. The molecule has 2 saturated heterocycles. The normalized spacial score (nSPS) is 27.3. The van der Waals surface area contributed by atoms with E-state index in [1.165, 1.54) is 6.42 Å². The molecule has 1 N–H and O–H groups in total. The van der Waals surface area contributed by atoms with E-state index >= 15 is 0 Å². The molecule has 1 atom stereocenters. The standard InChI is InChI=1S/C12H23N3O/c1-14-6-8-15(9-7-14)12(16)3-2-11-4-5-13-10-11/h11,13H,2-10H2,1H3. The van der Waals surface area contributed by atoms with Crippen LogP contribution in [0.1, 0.15) is 19.3 Å². The zero-order chi connectivity index (χ0) is 11.4. The molecule has 1 unspecified atom stereocenters. The van der Waals surface area contributed by atoms with E-state index in [9.17, 15) is 4.79 Å². The second-order valence-corrected chi connectivity index (χ2v) is 5.08. The zero-order valence-corrected chi connectivity index (χ0v) is 10.2. The number of hydrogen-bond donors (Lipinski definition) is 1. The summed E-state index contributed by atoms with van der Waals surface area (Å²) in [7, 11) is 2.12. The fourth-order valence-corrected chi connectivity index (χ4v) is 2.50. The molecule has 92 valence electrons. The van der Waals surface area contributed by atoms with Crippen LogP contribution in [0, 0.1) is 5.92 Å².